The fraction of sp³-hybridized carbons (Fsp3) is 0.909. The molecule has 0 aromatic rings. The van der Waals surface area contributed by atoms with Crippen LogP contribution in [0.2, 0.25) is 0 Å². The van der Waals surface area contributed by atoms with Crippen LogP contribution in [0.1, 0.15) is 34.1 Å². The topological polar surface area (TPSA) is 60.8 Å². The fourth-order valence-electron chi connectivity index (χ4n) is 1.37. The third-order valence-electron chi connectivity index (χ3n) is 2.39. The first-order valence-corrected chi connectivity index (χ1v) is 5.35. The lowest BCUT2D eigenvalue weighted by atomic mass is 10.0. The van der Waals surface area contributed by atoms with Crippen LogP contribution in [0, 0.1) is 5.92 Å². The minimum Gasteiger partial charge on any atom is -0.481 e. The van der Waals surface area contributed by atoms with Crippen molar-refractivity contribution >= 4 is 5.97 Å². The van der Waals surface area contributed by atoms with Gasteiger partial charge in [0, 0.05) is 25.2 Å². The summed E-state index contributed by atoms with van der Waals surface area (Å²) in [6.45, 7) is 9.52. The van der Waals surface area contributed by atoms with E-state index in [-0.39, 0.29) is 24.5 Å². The van der Waals surface area contributed by atoms with Gasteiger partial charge in [0.15, 0.2) is 0 Å². The molecular weight excluding hydrogens is 194 g/mol. The number of carboxylic acids is 1. The highest BCUT2D eigenvalue weighted by atomic mass is 16.4. The Morgan fingerprint density at radius 3 is 2.27 bits per heavy atom. The number of aliphatic hydroxyl groups is 1. The van der Waals surface area contributed by atoms with Crippen molar-refractivity contribution < 1.29 is 15.0 Å². The molecule has 4 nitrogen and oxygen atoms in total. The van der Waals surface area contributed by atoms with Gasteiger partial charge in [0.2, 0.25) is 0 Å². The maximum Gasteiger partial charge on any atom is 0.304 e. The third-order valence-corrected chi connectivity index (χ3v) is 2.39. The van der Waals surface area contributed by atoms with Crippen molar-refractivity contribution in [2.75, 3.05) is 19.7 Å². The SMILES string of the molecule is CC(CO)CN(CCC(=O)O)C(C)(C)C. The first kappa shape index (κ1) is 14.4. The molecule has 2 N–H and O–H groups in total. The van der Waals surface area contributed by atoms with E-state index in [0.29, 0.717) is 6.54 Å². The van der Waals surface area contributed by atoms with Crippen molar-refractivity contribution in [1.82, 2.24) is 4.90 Å². The Labute approximate surface area is 91.9 Å². The summed E-state index contributed by atoms with van der Waals surface area (Å²) in [6, 6.07) is 0. The Bertz CT molecular complexity index is 198. The van der Waals surface area contributed by atoms with E-state index in [1.165, 1.54) is 0 Å². The maximum atomic E-state index is 10.5. The van der Waals surface area contributed by atoms with E-state index in [2.05, 4.69) is 25.7 Å². The van der Waals surface area contributed by atoms with E-state index < -0.39 is 5.97 Å². The standard InChI is InChI=1S/C11H23NO3/c1-9(8-13)7-12(11(2,3)4)6-5-10(14)15/h9,13H,5-8H2,1-4H3,(H,14,15). The van der Waals surface area contributed by atoms with Crippen LogP contribution in [0.15, 0.2) is 0 Å². The summed E-state index contributed by atoms with van der Waals surface area (Å²) in [6.07, 6.45) is 0.148. The highest BCUT2D eigenvalue weighted by Gasteiger charge is 2.23. The molecular formula is C11H23NO3. The molecule has 0 saturated carbocycles. The van der Waals surface area contributed by atoms with Crippen molar-refractivity contribution in [2.45, 2.75) is 39.7 Å². The second kappa shape index (κ2) is 6.08. The molecule has 0 bridgehead atoms. The van der Waals surface area contributed by atoms with Crippen molar-refractivity contribution in [3.63, 3.8) is 0 Å². The maximum absolute atomic E-state index is 10.5. The first-order valence-electron chi connectivity index (χ1n) is 5.35. The number of aliphatic hydroxyl groups excluding tert-OH is 1. The van der Waals surface area contributed by atoms with E-state index in [1.54, 1.807) is 0 Å². The van der Waals surface area contributed by atoms with Crippen LogP contribution in [0.4, 0.5) is 0 Å². The number of hydrogen-bond donors (Lipinski definition) is 2. The van der Waals surface area contributed by atoms with Crippen molar-refractivity contribution in [3.8, 4) is 0 Å². The zero-order chi connectivity index (χ0) is 12.1. The van der Waals surface area contributed by atoms with Crippen LogP contribution >= 0.6 is 0 Å². The number of carboxylic acid groups (broad SMARTS) is 1. The molecule has 0 aliphatic carbocycles. The molecule has 0 aliphatic rings. The number of aliphatic carboxylic acids is 1. The minimum absolute atomic E-state index is 0.0567. The van der Waals surface area contributed by atoms with E-state index in [9.17, 15) is 4.79 Å². The van der Waals surface area contributed by atoms with Gasteiger partial charge in [-0.25, -0.2) is 0 Å². The molecule has 0 rings (SSSR count). The van der Waals surface area contributed by atoms with Gasteiger partial charge >= 0.3 is 5.97 Å². The highest BCUT2D eigenvalue weighted by Crippen LogP contribution is 2.15. The van der Waals surface area contributed by atoms with Crippen molar-refractivity contribution in [3.05, 3.63) is 0 Å². The van der Waals surface area contributed by atoms with E-state index in [4.69, 9.17) is 10.2 Å². The molecule has 1 atom stereocenters. The summed E-state index contributed by atoms with van der Waals surface area (Å²) < 4.78 is 0. The molecule has 0 aromatic carbocycles. The Balaban J connectivity index is 4.26. The van der Waals surface area contributed by atoms with Gasteiger partial charge in [0.05, 0.1) is 6.42 Å². The van der Waals surface area contributed by atoms with Gasteiger partial charge in [0.25, 0.3) is 0 Å². The monoisotopic (exact) mass is 217 g/mol. The Kier molecular flexibility index (Phi) is 5.83. The smallest absolute Gasteiger partial charge is 0.304 e. The average molecular weight is 217 g/mol. The summed E-state index contributed by atoms with van der Waals surface area (Å²) in [4.78, 5) is 12.6. The summed E-state index contributed by atoms with van der Waals surface area (Å²) in [5.41, 5.74) is -0.0567. The van der Waals surface area contributed by atoms with Gasteiger partial charge in [-0.2, -0.15) is 0 Å². The second-order valence-electron chi connectivity index (χ2n) is 5.05. The molecule has 90 valence electrons. The highest BCUT2D eigenvalue weighted by molar-refractivity contribution is 5.66. The summed E-state index contributed by atoms with van der Waals surface area (Å²) >= 11 is 0. The number of hydrogen-bond acceptors (Lipinski definition) is 3. The molecule has 0 heterocycles. The van der Waals surface area contributed by atoms with Crippen LogP contribution in [0.3, 0.4) is 0 Å². The predicted molar refractivity (Wildman–Crippen MR) is 59.8 cm³/mol. The van der Waals surface area contributed by atoms with E-state index in [1.807, 2.05) is 6.92 Å². The Morgan fingerprint density at radius 2 is 1.93 bits per heavy atom. The molecule has 0 fully saturated rings. The van der Waals surface area contributed by atoms with E-state index in [0.717, 1.165) is 6.54 Å². The van der Waals surface area contributed by atoms with Gasteiger partial charge in [-0.15, -0.1) is 0 Å². The summed E-state index contributed by atoms with van der Waals surface area (Å²) in [5, 5.41) is 17.6. The van der Waals surface area contributed by atoms with Gasteiger partial charge in [-0.1, -0.05) is 6.92 Å². The van der Waals surface area contributed by atoms with Gasteiger partial charge in [-0.05, 0) is 26.7 Å². The van der Waals surface area contributed by atoms with Crippen LogP contribution in [-0.2, 0) is 4.79 Å². The molecule has 15 heavy (non-hydrogen) atoms. The van der Waals surface area contributed by atoms with Gasteiger partial charge in [-0.3, -0.25) is 9.69 Å². The summed E-state index contributed by atoms with van der Waals surface area (Å²) in [7, 11) is 0. The van der Waals surface area contributed by atoms with Crippen LogP contribution in [-0.4, -0.2) is 46.3 Å². The fourth-order valence-corrected chi connectivity index (χ4v) is 1.37. The number of carbonyl (C=O) groups is 1. The van der Waals surface area contributed by atoms with E-state index >= 15 is 0 Å². The Hall–Kier alpha value is -0.610. The predicted octanol–water partition coefficient (Wildman–Crippen LogP) is 1.19. The molecule has 4 heteroatoms. The number of rotatable bonds is 6. The van der Waals surface area contributed by atoms with Crippen LogP contribution in [0.25, 0.3) is 0 Å². The molecule has 0 amide bonds. The number of nitrogens with zero attached hydrogens (tertiary/aromatic N) is 1. The second-order valence-corrected chi connectivity index (χ2v) is 5.05. The molecule has 0 aromatic heterocycles. The molecule has 0 aliphatic heterocycles. The molecule has 0 spiro atoms. The van der Waals surface area contributed by atoms with Gasteiger partial charge < -0.3 is 10.2 Å². The molecule has 0 saturated heterocycles. The normalized spacial score (nSPS) is 14.3. The lowest BCUT2D eigenvalue weighted by Gasteiger charge is -2.36. The largest absolute Gasteiger partial charge is 0.481 e. The average Bonchev–Trinajstić information content (AvgIpc) is 2.09. The lowest BCUT2D eigenvalue weighted by molar-refractivity contribution is -0.137. The van der Waals surface area contributed by atoms with Gasteiger partial charge in [0.1, 0.15) is 0 Å². The summed E-state index contributed by atoms with van der Waals surface area (Å²) in [5.74, 6) is -0.598. The Morgan fingerprint density at radius 1 is 1.40 bits per heavy atom. The van der Waals surface area contributed by atoms with Crippen LogP contribution in [0.5, 0.6) is 0 Å². The lowest BCUT2D eigenvalue weighted by Crippen LogP contribution is -2.45. The quantitative estimate of drug-likeness (QED) is 0.701. The first-order chi connectivity index (χ1) is 6.77. The third kappa shape index (κ3) is 6.47. The van der Waals surface area contributed by atoms with Crippen molar-refractivity contribution in [1.29, 1.82) is 0 Å². The zero-order valence-corrected chi connectivity index (χ0v) is 10.2. The van der Waals surface area contributed by atoms with Crippen molar-refractivity contribution in [2.24, 2.45) is 5.92 Å². The minimum atomic E-state index is -0.777. The van der Waals surface area contributed by atoms with Crippen LogP contribution < -0.4 is 0 Å². The molecule has 1 unspecified atom stereocenters. The molecule has 0 radical (unpaired) electrons. The zero-order valence-electron chi connectivity index (χ0n) is 10.2.